The summed E-state index contributed by atoms with van der Waals surface area (Å²) >= 11 is 0. The second-order valence-corrected chi connectivity index (χ2v) is 4.83. The fraction of sp³-hybridized carbons (Fsp3) is 0.357. The van der Waals surface area contributed by atoms with E-state index < -0.39 is 0 Å². The van der Waals surface area contributed by atoms with Crippen molar-refractivity contribution in [3.8, 4) is 11.4 Å². The third kappa shape index (κ3) is 3.80. The maximum atomic E-state index is 12.1. The lowest BCUT2D eigenvalue weighted by Crippen LogP contribution is -2.42. The quantitative estimate of drug-likeness (QED) is 0.901. The number of nitrogens with zero attached hydrogens (tertiary/aromatic N) is 2. The van der Waals surface area contributed by atoms with Gasteiger partial charge in [0.2, 0.25) is 12.2 Å². The van der Waals surface area contributed by atoms with Crippen LogP contribution < -0.4 is 10.6 Å². The molecule has 0 aliphatic carbocycles. The summed E-state index contributed by atoms with van der Waals surface area (Å²) < 4.78 is 4.70. The van der Waals surface area contributed by atoms with Gasteiger partial charge in [0.25, 0.3) is 5.91 Å². The molecule has 0 atom stereocenters. The Kier molecular flexibility index (Phi) is 5.30. The summed E-state index contributed by atoms with van der Waals surface area (Å²) in [4.78, 5) is 16.1. The van der Waals surface area contributed by atoms with E-state index in [9.17, 15) is 4.79 Å². The summed E-state index contributed by atoms with van der Waals surface area (Å²) in [6.07, 6.45) is 3.24. The molecule has 1 aliphatic heterocycles. The van der Waals surface area contributed by atoms with E-state index in [1.807, 2.05) is 12.1 Å². The third-order valence-electron chi connectivity index (χ3n) is 3.44. The zero-order valence-corrected chi connectivity index (χ0v) is 12.2. The number of nitrogens with one attached hydrogen (secondary N) is 2. The van der Waals surface area contributed by atoms with Crippen molar-refractivity contribution in [3.05, 3.63) is 36.2 Å². The SMILES string of the molecule is Cl.O=C(NC1CCNCC1)c1ccc(-c2ncon2)cc1. The number of carbonyl (C=O) groups is 1. The van der Waals surface area contributed by atoms with E-state index in [1.165, 1.54) is 6.39 Å². The number of piperidine rings is 1. The van der Waals surface area contributed by atoms with Crippen molar-refractivity contribution in [2.75, 3.05) is 13.1 Å². The Morgan fingerprint density at radius 2 is 1.95 bits per heavy atom. The van der Waals surface area contributed by atoms with Crippen LogP contribution in [0.25, 0.3) is 11.4 Å². The summed E-state index contributed by atoms with van der Waals surface area (Å²) in [5.74, 6) is 0.492. The van der Waals surface area contributed by atoms with Gasteiger partial charge in [0.05, 0.1) is 0 Å². The van der Waals surface area contributed by atoms with Gasteiger partial charge in [-0.25, -0.2) is 0 Å². The lowest BCUT2D eigenvalue weighted by Gasteiger charge is -2.23. The Hall–Kier alpha value is -1.92. The van der Waals surface area contributed by atoms with Gasteiger partial charge in [0.15, 0.2) is 0 Å². The monoisotopic (exact) mass is 308 g/mol. The molecule has 6 nitrogen and oxygen atoms in total. The van der Waals surface area contributed by atoms with Gasteiger partial charge in [-0.05, 0) is 38.1 Å². The average Bonchev–Trinajstić information content (AvgIpc) is 3.03. The summed E-state index contributed by atoms with van der Waals surface area (Å²) in [6.45, 7) is 1.92. The Bertz CT molecular complexity index is 565. The van der Waals surface area contributed by atoms with Gasteiger partial charge in [-0.3, -0.25) is 4.79 Å². The third-order valence-corrected chi connectivity index (χ3v) is 3.44. The van der Waals surface area contributed by atoms with E-state index in [0.717, 1.165) is 31.5 Å². The second-order valence-electron chi connectivity index (χ2n) is 4.83. The molecule has 0 unspecified atom stereocenters. The van der Waals surface area contributed by atoms with E-state index in [-0.39, 0.29) is 24.4 Å². The molecular formula is C14H17ClN4O2. The van der Waals surface area contributed by atoms with E-state index in [0.29, 0.717) is 11.4 Å². The second kappa shape index (κ2) is 7.19. The number of benzene rings is 1. The number of carbonyl (C=O) groups excluding carboxylic acids is 1. The van der Waals surface area contributed by atoms with Crippen LogP contribution in [0.1, 0.15) is 23.2 Å². The minimum atomic E-state index is -0.0310. The zero-order valence-electron chi connectivity index (χ0n) is 11.4. The van der Waals surface area contributed by atoms with Crippen molar-refractivity contribution in [1.29, 1.82) is 0 Å². The van der Waals surface area contributed by atoms with Crippen LogP contribution in [0.5, 0.6) is 0 Å². The van der Waals surface area contributed by atoms with Crippen molar-refractivity contribution in [2.24, 2.45) is 0 Å². The van der Waals surface area contributed by atoms with Crippen LogP contribution >= 0.6 is 12.4 Å². The molecule has 2 N–H and O–H groups in total. The molecule has 1 aliphatic rings. The first-order valence-corrected chi connectivity index (χ1v) is 6.71. The molecule has 0 saturated carbocycles. The van der Waals surface area contributed by atoms with Crippen molar-refractivity contribution in [1.82, 2.24) is 20.8 Å². The highest BCUT2D eigenvalue weighted by Crippen LogP contribution is 2.15. The molecule has 21 heavy (non-hydrogen) atoms. The van der Waals surface area contributed by atoms with Gasteiger partial charge >= 0.3 is 0 Å². The predicted molar refractivity (Wildman–Crippen MR) is 80.3 cm³/mol. The molecule has 1 amide bonds. The smallest absolute Gasteiger partial charge is 0.251 e. The predicted octanol–water partition coefficient (Wildman–Crippen LogP) is 1.64. The number of hydrogen-bond acceptors (Lipinski definition) is 5. The summed E-state index contributed by atoms with van der Waals surface area (Å²) in [6, 6.07) is 7.47. The van der Waals surface area contributed by atoms with Crippen LogP contribution in [0.15, 0.2) is 35.2 Å². The normalized spacial score (nSPS) is 15.2. The van der Waals surface area contributed by atoms with Crippen molar-refractivity contribution >= 4 is 18.3 Å². The van der Waals surface area contributed by atoms with E-state index >= 15 is 0 Å². The number of hydrogen-bond donors (Lipinski definition) is 2. The molecule has 1 aromatic heterocycles. The fourth-order valence-electron chi connectivity index (χ4n) is 2.30. The minimum Gasteiger partial charge on any atom is -0.349 e. The van der Waals surface area contributed by atoms with Gasteiger partial charge in [0, 0.05) is 17.2 Å². The summed E-state index contributed by atoms with van der Waals surface area (Å²) in [5, 5.41) is 10.1. The zero-order chi connectivity index (χ0) is 13.8. The average molecular weight is 309 g/mol. The molecule has 7 heteroatoms. The van der Waals surface area contributed by atoms with E-state index in [2.05, 4.69) is 20.8 Å². The summed E-state index contributed by atoms with van der Waals surface area (Å²) in [7, 11) is 0. The minimum absolute atomic E-state index is 0. The molecule has 1 fully saturated rings. The highest BCUT2D eigenvalue weighted by molar-refractivity contribution is 5.94. The van der Waals surface area contributed by atoms with Crippen molar-refractivity contribution in [2.45, 2.75) is 18.9 Å². The first-order chi connectivity index (χ1) is 9.83. The van der Waals surface area contributed by atoms with E-state index in [4.69, 9.17) is 4.52 Å². The Morgan fingerprint density at radius 1 is 1.24 bits per heavy atom. The van der Waals surface area contributed by atoms with Gasteiger partial charge in [0.1, 0.15) is 0 Å². The van der Waals surface area contributed by atoms with Crippen LogP contribution in [-0.4, -0.2) is 35.2 Å². The fourth-order valence-corrected chi connectivity index (χ4v) is 2.30. The van der Waals surface area contributed by atoms with Crippen molar-refractivity contribution in [3.63, 3.8) is 0 Å². The van der Waals surface area contributed by atoms with Gasteiger partial charge < -0.3 is 15.2 Å². The first kappa shape index (κ1) is 15.5. The van der Waals surface area contributed by atoms with Crippen LogP contribution in [0, 0.1) is 0 Å². The number of aromatic nitrogens is 2. The lowest BCUT2D eigenvalue weighted by molar-refractivity contribution is 0.0929. The Labute approximate surface area is 128 Å². The topological polar surface area (TPSA) is 80.0 Å². The molecule has 112 valence electrons. The molecule has 1 saturated heterocycles. The molecule has 2 heterocycles. The Balaban J connectivity index is 0.00000161. The molecule has 3 rings (SSSR count). The van der Waals surface area contributed by atoms with Crippen LogP contribution in [0.4, 0.5) is 0 Å². The van der Waals surface area contributed by atoms with Crippen LogP contribution in [0.3, 0.4) is 0 Å². The van der Waals surface area contributed by atoms with Gasteiger partial charge in [-0.15, -0.1) is 12.4 Å². The molecular weight excluding hydrogens is 292 g/mol. The standard InChI is InChI=1S/C14H16N4O2.ClH/c19-14(17-12-5-7-15-8-6-12)11-3-1-10(2-4-11)13-16-9-20-18-13;/h1-4,9,12,15H,5-8H2,(H,17,19);1H. The van der Waals surface area contributed by atoms with Crippen molar-refractivity contribution < 1.29 is 9.32 Å². The number of rotatable bonds is 3. The van der Waals surface area contributed by atoms with Crippen LogP contribution in [-0.2, 0) is 0 Å². The molecule has 0 bridgehead atoms. The molecule has 1 aromatic carbocycles. The maximum absolute atomic E-state index is 12.1. The Morgan fingerprint density at radius 3 is 2.57 bits per heavy atom. The van der Waals surface area contributed by atoms with E-state index in [1.54, 1.807) is 12.1 Å². The number of amides is 1. The van der Waals surface area contributed by atoms with Crippen LogP contribution in [0.2, 0.25) is 0 Å². The molecule has 2 aromatic rings. The van der Waals surface area contributed by atoms with Gasteiger partial charge in [-0.2, -0.15) is 4.98 Å². The largest absolute Gasteiger partial charge is 0.349 e. The molecule has 0 radical (unpaired) electrons. The maximum Gasteiger partial charge on any atom is 0.251 e. The summed E-state index contributed by atoms with van der Waals surface area (Å²) in [5.41, 5.74) is 1.48. The number of halogens is 1. The highest BCUT2D eigenvalue weighted by atomic mass is 35.5. The first-order valence-electron chi connectivity index (χ1n) is 6.71. The van der Waals surface area contributed by atoms with Gasteiger partial charge in [-0.1, -0.05) is 17.3 Å². The molecule has 0 spiro atoms. The lowest BCUT2D eigenvalue weighted by atomic mass is 10.1. The highest BCUT2D eigenvalue weighted by Gasteiger charge is 2.16.